The summed E-state index contributed by atoms with van der Waals surface area (Å²) in [5.74, 6) is 1.80. The van der Waals surface area contributed by atoms with Crippen LogP contribution in [-0.4, -0.2) is 40.0 Å². The van der Waals surface area contributed by atoms with Gasteiger partial charge in [-0.2, -0.15) is 0 Å². The van der Waals surface area contributed by atoms with E-state index < -0.39 is 5.54 Å². The van der Waals surface area contributed by atoms with E-state index in [0.29, 0.717) is 30.5 Å². The van der Waals surface area contributed by atoms with Gasteiger partial charge in [-0.05, 0) is 80.5 Å². The van der Waals surface area contributed by atoms with E-state index >= 15 is 0 Å². The molecule has 3 heterocycles. The Bertz CT molecular complexity index is 1210. The Morgan fingerprint density at radius 2 is 1.89 bits per heavy atom. The fourth-order valence-electron chi connectivity index (χ4n) is 5.36. The standard InChI is InChI=1S/C28H33N3O4/c1-19-9-11-21(12-10-19)29-27(33)28(2)18-30-23(25-8-5-15-35-25)13-14-24(30)26(32)31(28)17-20-6-4-7-22(16-20)34-3/h4-8,13-16,19,21H,9-12,17-18H2,1-3H3,(H,29,33). The molecule has 0 saturated heterocycles. The van der Waals surface area contributed by atoms with Crippen LogP contribution in [0.4, 0.5) is 0 Å². The summed E-state index contributed by atoms with van der Waals surface area (Å²) < 4.78 is 12.9. The summed E-state index contributed by atoms with van der Waals surface area (Å²) in [6, 6.07) is 15.2. The molecule has 3 aromatic rings. The molecule has 0 radical (unpaired) electrons. The zero-order valence-electron chi connectivity index (χ0n) is 20.6. The summed E-state index contributed by atoms with van der Waals surface area (Å²) >= 11 is 0. The van der Waals surface area contributed by atoms with Crippen molar-refractivity contribution in [2.75, 3.05) is 7.11 Å². The van der Waals surface area contributed by atoms with Crippen LogP contribution in [0.3, 0.4) is 0 Å². The normalized spacial score (nSPS) is 24.2. The Hall–Kier alpha value is -3.48. The van der Waals surface area contributed by atoms with Crippen LogP contribution in [0.15, 0.2) is 59.2 Å². The first-order chi connectivity index (χ1) is 16.9. The summed E-state index contributed by atoms with van der Waals surface area (Å²) in [6.07, 6.45) is 5.78. The third-order valence-electron chi connectivity index (χ3n) is 7.60. The van der Waals surface area contributed by atoms with Crippen LogP contribution >= 0.6 is 0 Å². The molecule has 2 aliphatic rings. The smallest absolute Gasteiger partial charge is 0.271 e. The summed E-state index contributed by atoms with van der Waals surface area (Å²) in [6.45, 7) is 4.79. The Labute approximate surface area is 206 Å². The summed E-state index contributed by atoms with van der Waals surface area (Å²) in [5, 5.41) is 3.29. The van der Waals surface area contributed by atoms with E-state index in [-0.39, 0.29) is 17.9 Å². The van der Waals surface area contributed by atoms with Gasteiger partial charge in [0.1, 0.15) is 22.7 Å². The van der Waals surface area contributed by atoms with Gasteiger partial charge in [-0.1, -0.05) is 19.1 Å². The minimum Gasteiger partial charge on any atom is -0.497 e. The van der Waals surface area contributed by atoms with Crippen molar-refractivity contribution in [3.05, 3.63) is 66.1 Å². The van der Waals surface area contributed by atoms with Crippen LogP contribution in [0.5, 0.6) is 5.75 Å². The zero-order chi connectivity index (χ0) is 24.6. The molecule has 1 aromatic carbocycles. The molecular formula is C28H33N3O4. The minimum atomic E-state index is -1.07. The first kappa shape index (κ1) is 23.3. The molecule has 2 aromatic heterocycles. The number of nitrogens with one attached hydrogen (secondary N) is 1. The van der Waals surface area contributed by atoms with Crippen molar-refractivity contribution in [1.82, 2.24) is 14.8 Å². The van der Waals surface area contributed by atoms with Gasteiger partial charge in [-0.25, -0.2) is 0 Å². The highest BCUT2D eigenvalue weighted by Gasteiger charge is 2.48. The fourth-order valence-corrected chi connectivity index (χ4v) is 5.36. The van der Waals surface area contributed by atoms with Crippen molar-refractivity contribution in [2.24, 2.45) is 5.92 Å². The number of hydrogen-bond acceptors (Lipinski definition) is 4. The molecule has 1 aliphatic carbocycles. The number of hydrogen-bond donors (Lipinski definition) is 1. The molecule has 1 fully saturated rings. The molecule has 35 heavy (non-hydrogen) atoms. The van der Waals surface area contributed by atoms with E-state index in [0.717, 1.165) is 42.7 Å². The van der Waals surface area contributed by atoms with Gasteiger partial charge in [0.25, 0.3) is 5.91 Å². The topological polar surface area (TPSA) is 76.7 Å². The SMILES string of the molecule is COc1cccc(CN2C(=O)c3ccc(-c4ccco4)n3CC2(C)C(=O)NC2CCC(C)CC2)c1. The Balaban J connectivity index is 1.51. The lowest BCUT2D eigenvalue weighted by atomic mass is 9.86. The van der Waals surface area contributed by atoms with Gasteiger partial charge in [0.05, 0.1) is 25.6 Å². The molecule has 1 N–H and O–H groups in total. The van der Waals surface area contributed by atoms with Gasteiger partial charge in [-0.15, -0.1) is 0 Å². The summed E-state index contributed by atoms with van der Waals surface area (Å²) in [5.41, 5.74) is 1.19. The second kappa shape index (κ2) is 9.29. The first-order valence-corrected chi connectivity index (χ1v) is 12.4. The lowest BCUT2D eigenvalue weighted by molar-refractivity contribution is -0.134. The molecule has 0 spiro atoms. The predicted octanol–water partition coefficient (Wildman–Crippen LogP) is 4.87. The average molecular weight is 476 g/mol. The molecule has 7 heteroatoms. The van der Waals surface area contributed by atoms with Crippen LogP contribution in [0, 0.1) is 5.92 Å². The fraction of sp³-hybridized carbons (Fsp3) is 0.429. The molecule has 0 bridgehead atoms. The highest BCUT2D eigenvalue weighted by atomic mass is 16.5. The number of furan rings is 1. The minimum absolute atomic E-state index is 0.113. The second-order valence-corrected chi connectivity index (χ2v) is 10.1. The third-order valence-corrected chi connectivity index (χ3v) is 7.60. The van der Waals surface area contributed by atoms with Gasteiger partial charge < -0.3 is 23.9 Å². The molecule has 1 atom stereocenters. The lowest BCUT2D eigenvalue weighted by Crippen LogP contribution is -2.64. The van der Waals surface area contributed by atoms with Crippen LogP contribution in [0.1, 0.15) is 55.6 Å². The Morgan fingerprint density at radius 3 is 2.60 bits per heavy atom. The Kier molecular flexibility index (Phi) is 6.17. The van der Waals surface area contributed by atoms with Crippen LogP contribution in [0.2, 0.25) is 0 Å². The number of amides is 2. The number of carbonyl (C=O) groups is 2. The van der Waals surface area contributed by atoms with E-state index in [1.165, 1.54) is 0 Å². The summed E-state index contributed by atoms with van der Waals surface area (Å²) in [4.78, 5) is 29.5. The van der Waals surface area contributed by atoms with Crippen LogP contribution in [0.25, 0.3) is 11.5 Å². The highest BCUT2D eigenvalue weighted by molar-refractivity contribution is 6.00. The van der Waals surface area contributed by atoms with Gasteiger partial charge in [0.2, 0.25) is 5.91 Å². The van der Waals surface area contributed by atoms with E-state index in [1.54, 1.807) is 18.3 Å². The number of methoxy groups -OCH3 is 1. The van der Waals surface area contributed by atoms with Gasteiger partial charge in [0.15, 0.2) is 0 Å². The van der Waals surface area contributed by atoms with Gasteiger partial charge in [0, 0.05) is 12.6 Å². The number of fused-ring (bicyclic) bond motifs is 1. The maximum atomic E-state index is 13.9. The molecule has 1 saturated carbocycles. The molecule has 1 aliphatic heterocycles. The van der Waals surface area contributed by atoms with Gasteiger partial charge in [-0.3, -0.25) is 9.59 Å². The van der Waals surface area contributed by atoms with E-state index in [4.69, 9.17) is 9.15 Å². The number of nitrogens with zero attached hydrogens (tertiary/aromatic N) is 2. The van der Waals surface area contributed by atoms with Crippen molar-refractivity contribution in [3.8, 4) is 17.2 Å². The molecule has 2 amide bonds. The van der Waals surface area contributed by atoms with E-state index in [2.05, 4.69) is 12.2 Å². The average Bonchev–Trinajstić information content (AvgIpc) is 3.53. The van der Waals surface area contributed by atoms with E-state index in [1.807, 2.05) is 60.0 Å². The van der Waals surface area contributed by atoms with Crippen molar-refractivity contribution < 1.29 is 18.7 Å². The molecule has 184 valence electrons. The van der Waals surface area contributed by atoms with Crippen molar-refractivity contribution >= 4 is 11.8 Å². The molecule has 1 unspecified atom stereocenters. The molecular weight excluding hydrogens is 442 g/mol. The summed E-state index contributed by atoms with van der Waals surface area (Å²) in [7, 11) is 1.62. The van der Waals surface area contributed by atoms with Crippen LogP contribution in [-0.2, 0) is 17.9 Å². The monoisotopic (exact) mass is 475 g/mol. The quantitative estimate of drug-likeness (QED) is 0.552. The predicted molar refractivity (Wildman–Crippen MR) is 133 cm³/mol. The second-order valence-electron chi connectivity index (χ2n) is 10.1. The lowest BCUT2D eigenvalue weighted by Gasteiger charge is -2.45. The number of rotatable bonds is 6. The molecule has 7 nitrogen and oxygen atoms in total. The maximum Gasteiger partial charge on any atom is 0.271 e. The largest absolute Gasteiger partial charge is 0.497 e. The number of benzene rings is 1. The third kappa shape index (κ3) is 4.35. The van der Waals surface area contributed by atoms with Crippen molar-refractivity contribution in [2.45, 2.75) is 64.2 Å². The molecule has 5 rings (SSSR count). The first-order valence-electron chi connectivity index (χ1n) is 12.4. The maximum absolute atomic E-state index is 13.9. The number of ether oxygens (including phenoxy) is 1. The zero-order valence-corrected chi connectivity index (χ0v) is 20.6. The number of carbonyl (C=O) groups excluding carboxylic acids is 2. The van der Waals surface area contributed by atoms with Crippen LogP contribution < -0.4 is 10.1 Å². The number of aromatic nitrogens is 1. The van der Waals surface area contributed by atoms with Crippen molar-refractivity contribution in [3.63, 3.8) is 0 Å². The van der Waals surface area contributed by atoms with Gasteiger partial charge >= 0.3 is 0 Å². The van der Waals surface area contributed by atoms with Crippen molar-refractivity contribution in [1.29, 1.82) is 0 Å². The Morgan fingerprint density at radius 1 is 1.11 bits per heavy atom. The highest BCUT2D eigenvalue weighted by Crippen LogP contribution is 2.35. The van der Waals surface area contributed by atoms with E-state index in [9.17, 15) is 9.59 Å².